The van der Waals surface area contributed by atoms with Gasteiger partial charge in [0, 0.05) is 58.8 Å². The van der Waals surface area contributed by atoms with Crippen LogP contribution in [0, 0.1) is 0 Å². The fraction of sp³-hybridized carbons (Fsp3) is 0. The summed E-state index contributed by atoms with van der Waals surface area (Å²) < 4.78 is 5.11. The molecule has 0 spiro atoms. The van der Waals surface area contributed by atoms with Gasteiger partial charge in [0.05, 0.1) is 16.6 Å². The Morgan fingerprint density at radius 1 is 0.333 bits per heavy atom. The van der Waals surface area contributed by atoms with E-state index in [-0.39, 0.29) is 0 Å². The first-order chi connectivity index (χ1) is 28.3. The number of anilines is 3. The van der Waals surface area contributed by atoms with Crippen molar-refractivity contribution in [3.63, 3.8) is 0 Å². The lowest BCUT2D eigenvalue weighted by Crippen LogP contribution is -2.09. The summed E-state index contributed by atoms with van der Waals surface area (Å²) >= 11 is 1.88. The molecule has 57 heavy (non-hydrogen) atoms. The second-order valence-corrected chi connectivity index (χ2v) is 15.9. The predicted octanol–water partition coefficient (Wildman–Crippen LogP) is 15.7. The fourth-order valence-electron chi connectivity index (χ4n) is 9.14. The van der Waals surface area contributed by atoms with Crippen molar-refractivity contribution in [3.8, 4) is 33.4 Å². The predicted molar refractivity (Wildman–Crippen MR) is 245 cm³/mol. The number of nitrogens with zero attached hydrogens (tertiary/aromatic N) is 2. The van der Waals surface area contributed by atoms with Crippen LogP contribution in [-0.4, -0.2) is 4.40 Å². The summed E-state index contributed by atoms with van der Waals surface area (Å²) in [6.07, 6.45) is 0. The van der Waals surface area contributed by atoms with Gasteiger partial charge in [-0.05, 0) is 88.0 Å². The number of fused-ring (bicyclic) bond motifs is 9. The summed E-state index contributed by atoms with van der Waals surface area (Å²) in [6.45, 7) is 0. The van der Waals surface area contributed by atoms with Crippen LogP contribution >= 0.6 is 11.3 Å². The zero-order chi connectivity index (χ0) is 37.5. The minimum atomic E-state index is 1.11. The van der Waals surface area contributed by atoms with Gasteiger partial charge in [-0.2, -0.15) is 0 Å². The Kier molecular flexibility index (Phi) is 7.13. The van der Waals surface area contributed by atoms with Crippen LogP contribution in [0.2, 0.25) is 0 Å². The Balaban J connectivity index is 0.977. The SMILES string of the molecule is c1ccc(-c2ccc(N(c3ccc(-c4cccc5c4sc4ccccc45)cc3)c3ccc(-c4ccc5c6ccccc6n6c7ccccc7c4c56)cc3)cc2)cc1. The van der Waals surface area contributed by atoms with Crippen molar-refractivity contribution in [1.29, 1.82) is 0 Å². The van der Waals surface area contributed by atoms with E-state index in [2.05, 4.69) is 216 Å². The van der Waals surface area contributed by atoms with Gasteiger partial charge in [0.2, 0.25) is 0 Å². The minimum Gasteiger partial charge on any atom is -0.311 e. The van der Waals surface area contributed by atoms with Gasteiger partial charge in [-0.15, -0.1) is 11.3 Å². The van der Waals surface area contributed by atoms with Gasteiger partial charge in [0.25, 0.3) is 0 Å². The molecule has 0 aliphatic rings. The number of aromatic nitrogens is 1. The molecule has 0 aliphatic carbocycles. The zero-order valence-corrected chi connectivity index (χ0v) is 31.7. The third-order valence-electron chi connectivity index (χ3n) is 11.8. The van der Waals surface area contributed by atoms with Crippen LogP contribution < -0.4 is 4.90 Å². The van der Waals surface area contributed by atoms with E-state index in [0.29, 0.717) is 0 Å². The molecule has 12 rings (SSSR count). The highest BCUT2D eigenvalue weighted by Crippen LogP contribution is 2.45. The van der Waals surface area contributed by atoms with Gasteiger partial charge in [-0.1, -0.05) is 152 Å². The lowest BCUT2D eigenvalue weighted by atomic mass is 9.97. The summed E-state index contributed by atoms with van der Waals surface area (Å²) in [7, 11) is 0. The third kappa shape index (κ3) is 4.96. The Bertz CT molecular complexity index is 3430. The maximum absolute atomic E-state index is 2.46. The van der Waals surface area contributed by atoms with Crippen molar-refractivity contribution in [2.45, 2.75) is 0 Å². The molecule has 3 heteroatoms. The maximum atomic E-state index is 2.46. The van der Waals surface area contributed by atoms with E-state index in [0.717, 1.165) is 17.1 Å². The van der Waals surface area contributed by atoms with Crippen LogP contribution in [0.4, 0.5) is 17.1 Å². The minimum absolute atomic E-state index is 1.11. The van der Waals surface area contributed by atoms with Crippen LogP contribution in [0.1, 0.15) is 0 Å². The average molecular weight is 743 g/mol. The van der Waals surface area contributed by atoms with E-state index in [9.17, 15) is 0 Å². The fourth-order valence-corrected chi connectivity index (χ4v) is 10.4. The van der Waals surface area contributed by atoms with Gasteiger partial charge < -0.3 is 9.30 Å². The Labute approximate surface area is 334 Å². The van der Waals surface area contributed by atoms with Crippen LogP contribution in [0.25, 0.3) is 91.6 Å². The molecule has 9 aromatic carbocycles. The molecule has 0 atom stereocenters. The summed E-state index contributed by atoms with van der Waals surface area (Å²) in [5.41, 5.74) is 14.5. The van der Waals surface area contributed by atoms with Crippen molar-refractivity contribution >= 4 is 86.7 Å². The number of thiophene rings is 1. The summed E-state index contributed by atoms with van der Waals surface area (Å²) in [5, 5.41) is 7.84. The van der Waals surface area contributed by atoms with Crippen LogP contribution in [0.3, 0.4) is 0 Å². The molecule has 3 heterocycles. The molecule has 0 N–H and O–H groups in total. The molecular formula is C54H34N2S. The van der Waals surface area contributed by atoms with Gasteiger partial charge in [-0.3, -0.25) is 0 Å². The van der Waals surface area contributed by atoms with E-state index in [1.165, 1.54) is 91.6 Å². The lowest BCUT2D eigenvalue weighted by Gasteiger charge is -2.26. The molecule has 0 unspecified atom stereocenters. The normalized spacial score (nSPS) is 11.9. The van der Waals surface area contributed by atoms with E-state index in [4.69, 9.17) is 0 Å². The first-order valence-electron chi connectivity index (χ1n) is 19.5. The van der Waals surface area contributed by atoms with E-state index in [1.54, 1.807) is 0 Å². The van der Waals surface area contributed by atoms with E-state index >= 15 is 0 Å². The van der Waals surface area contributed by atoms with E-state index < -0.39 is 0 Å². The number of benzene rings is 9. The molecule has 266 valence electrons. The summed E-state index contributed by atoms with van der Waals surface area (Å²) in [5.74, 6) is 0. The molecule has 3 aromatic heterocycles. The molecule has 0 saturated heterocycles. The highest BCUT2D eigenvalue weighted by molar-refractivity contribution is 7.26. The topological polar surface area (TPSA) is 7.65 Å². The molecular weight excluding hydrogens is 709 g/mol. The summed E-state index contributed by atoms with van der Waals surface area (Å²) in [6, 6.07) is 75.5. The zero-order valence-electron chi connectivity index (χ0n) is 30.9. The number of para-hydroxylation sites is 2. The molecule has 2 nitrogen and oxygen atoms in total. The third-order valence-corrected chi connectivity index (χ3v) is 13.0. The molecule has 12 aromatic rings. The molecule has 0 bridgehead atoms. The average Bonchev–Trinajstić information content (AvgIpc) is 3.95. The quantitative estimate of drug-likeness (QED) is 0.165. The molecule has 0 amide bonds. The largest absolute Gasteiger partial charge is 0.311 e. The van der Waals surface area contributed by atoms with Crippen molar-refractivity contribution < 1.29 is 0 Å². The Morgan fingerprint density at radius 2 is 0.860 bits per heavy atom. The van der Waals surface area contributed by atoms with Crippen molar-refractivity contribution in [1.82, 2.24) is 4.40 Å². The first-order valence-corrected chi connectivity index (χ1v) is 20.3. The Morgan fingerprint density at radius 3 is 1.56 bits per heavy atom. The van der Waals surface area contributed by atoms with Gasteiger partial charge in [0.15, 0.2) is 0 Å². The van der Waals surface area contributed by atoms with Crippen LogP contribution in [0.5, 0.6) is 0 Å². The van der Waals surface area contributed by atoms with Crippen molar-refractivity contribution in [3.05, 3.63) is 206 Å². The van der Waals surface area contributed by atoms with Gasteiger partial charge in [-0.25, -0.2) is 0 Å². The monoisotopic (exact) mass is 742 g/mol. The Hall–Kier alpha value is -7.20. The smallest absolute Gasteiger partial charge is 0.0626 e. The highest BCUT2D eigenvalue weighted by Gasteiger charge is 2.21. The van der Waals surface area contributed by atoms with Gasteiger partial charge in [0.1, 0.15) is 0 Å². The second-order valence-electron chi connectivity index (χ2n) is 14.9. The highest BCUT2D eigenvalue weighted by atomic mass is 32.1. The molecule has 0 radical (unpaired) electrons. The standard InChI is InChI=1S/C54H34N2S/c1-2-11-35(12-3-1)36-21-27-39(28-22-36)55(41-31-25-38(26-32-41)43-16-10-17-47-45-14-6-9-20-51(45)57-54(43)47)40-29-23-37(24-30-40)42-33-34-46-44-13-4-7-18-49(44)56-50-19-8-5-15-48(50)52(42)53(46)56/h1-34H. The molecule has 0 fully saturated rings. The van der Waals surface area contributed by atoms with Crippen molar-refractivity contribution in [2.75, 3.05) is 4.90 Å². The second kappa shape index (κ2) is 12.7. The maximum Gasteiger partial charge on any atom is 0.0626 e. The number of hydrogen-bond donors (Lipinski definition) is 0. The van der Waals surface area contributed by atoms with Crippen molar-refractivity contribution in [2.24, 2.45) is 0 Å². The first kappa shape index (κ1) is 32.1. The lowest BCUT2D eigenvalue weighted by molar-refractivity contribution is 1.28. The van der Waals surface area contributed by atoms with Gasteiger partial charge >= 0.3 is 0 Å². The van der Waals surface area contributed by atoms with Crippen LogP contribution in [0.15, 0.2) is 206 Å². The number of rotatable bonds is 6. The number of hydrogen-bond acceptors (Lipinski definition) is 2. The van der Waals surface area contributed by atoms with E-state index in [1.807, 2.05) is 11.3 Å². The summed E-state index contributed by atoms with van der Waals surface area (Å²) in [4.78, 5) is 2.37. The molecule has 0 saturated carbocycles. The van der Waals surface area contributed by atoms with Crippen LogP contribution in [-0.2, 0) is 0 Å². The molecule has 0 aliphatic heterocycles.